The molecule has 168 valence electrons. The number of carbonyl (C=O) groups excluding carboxylic acids is 2. The van der Waals surface area contributed by atoms with Crippen LogP contribution in [0, 0.1) is 11.3 Å². The van der Waals surface area contributed by atoms with E-state index in [0.29, 0.717) is 29.9 Å². The number of amides is 3. The molecule has 3 amide bonds. The van der Waals surface area contributed by atoms with E-state index in [-0.39, 0.29) is 25.7 Å². The smallest absolute Gasteiger partial charge is 0.318 e. The molecule has 2 N–H and O–H groups in total. The zero-order chi connectivity index (χ0) is 23.0. The first-order valence-electron chi connectivity index (χ1n) is 10.0. The predicted molar refractivity (Wildman–Crippen MR) is 110 cm³/mol. The maximum atomic E-state index is 13.0. The van der Waals surface area contributed by atoms with E-state index in [2.05, 4.69) is 5.32 Å². The maximum absolute atomic E-state index is 13.0. The lowest BCUT2D eigenvalue weighted by Gasteiger charge is -2.30. The van der Waals surface area contributed by atoms with Crippen LogP contribution in [-0.4, -0.2) is 66.3 Å². The molecule has 10 heteroatoms. The largest absolute Gasteiger partial charge is 0.481 e. The Labute approximate surface area is 181 Å². The molecule has 31 heavy (non-hydrogen) atoms. The van der Waals surface area contributed by atoms with Crippen LogP contribution in [0.25, 0.3) is 0 Å². The topological polar surface area (TPSA) is 132 Å². The number of fused-ring (bicyclic) bond motifs is 1. The summed E-state index contributed by atoms with van der Waals surface area (Å²) in [6, 6.07) is 4.74. The van der Waals surface area contributed by atoms with Gasteiger partial charge in [0.25, 0.3) is 0 Å². The second-order valence-corrected chi connectivity index (χ2v) is 7.33. The molecular formula is C21H28N4O6. The van der Waals surface area contributed by atoms with Gasteiger partial charge < -0.3 is 29.7 Å². The Kier molecular flexibility index (Phi) is 8.49. The highest BCUT2D eigenvalue weighted by Crippen LogP contribution is 2.36. The first-order valence-corrected chi connectivity index (χ1v) is 10.0. The zero-order valence-corrected chi connectivity index (χ0v) is 18.0. The Balaban J connectivity index is 2.21. The minimum absolute atomic E-state index is 0.0795. The number of aliphatic carboxylic acids is 1. The van der Waals surface area contributed by atoms with E-state index in [9.17, 15) is 19.5 Å². The van der Waals surface area contributed by atoms with Crippen molar-refractivity contribution < 1.29 is 29.0 Å². The van der Waals surface area contributed by atoms with E-state index >= 15 is 0 Å². The average Bonchev–Trinajstić information content (AvgIpc) is 3.21. The molecule has 10 nitrogen and oxygen atoms in total. The zero-order valence-electron chi connectivity index (χ0n) is 18.0. The lowest BCUT2D eigenvalue weighted by atomic mass is 10.0. The fourth-order valence-electron chi connectivity index (χ4n) is 3.27. The summed E-state index contributed by atoms with van der Waals surface area (Å²) in [4.78, 5) is 39.6. The molecule has 0 fully saturated rings. The Hall–Kier alpha value is -3.48. The van der Waals surface area contributed by atoms with Gasteiger partial charge in [-0.15, -0.1) is 0 Å². The number of carboxylic acids is 1. The van der Waals surface area contributed by atoms with Crippen LogP contribution in [0.3, 0.4) is 0 Å². The molecule has 0 radical (unpaired) electrons. The summed E-state index contributed by atoms with van der Waals surface area (Å²) in [6.07, 6.45) is 1.63. The lowest BCUT2D eigenvalue weighted by molar-refractivity contribution is -0.138. The van der Waals surface area contributed by atoms with Gasteiger partial charge in [-0.3, -0.25) is 9.59 Å². The number of likely N-dealkylation sites (N-methyl/N-ethyl adjacent to an activating group) is 1. The van der Waals surface area contributed by atoms with Gasteiger partial charge in [0.1, 0.15) is 12.6 Å². The molecule has 0 bridgehead atoms. The molecular weight excluding hydrogens is 404 g/mol. The Morgan fingerprint density at radius 3 is 2.61 bits per heavy atom. The van der Waals surface area contributed by atoms with E-state index in [0.717, 1.165) is 6.42 Å². The van der Waals surface area contributed by atoms with Crippen LogP contribution >= 0.6 is 0 Å². The van der Waals surface area contributed by atoms with Crippen LogP contribution in [0.15, 0.2) is 18.2 Å². The van der Waals surface area contributed by atoms with Crippen molar-refractivity contribution in [3.63, 3.8) is 0 Å². The van der Waals surface area contributed by atoms with Crippen LogP contribution in [0.4, 0.5) is 4.79 Å². The van der Waals surface area contributed by atoms with E-state index in [1.54, 1.807) is 18.2 Å². The third-order valence-corrected chi connectivity index (χ3v) is 5.06. The summed E-state index contributed by atoms with van der Waals surface area (Å²) in [5, 5.41) is 20.9. The van der Waals surface area contributed by atoms with Crippen molar-refractivity contribution in [2.75, 3.05) is 27.4 Å². The number of ether oxygens (including phenoxy) is 2. The molecule has 0 saturated carbocycles. The number of carboxylic acid groups (broad SMARTS) is 1. The molecule has 1 aromatic rings. The maximum Gasteiger partial charge on any atom is 0.318 e. The molecule has 0 aliphatic carbocycles. The van der Waals surface area contributed by atoms with Crippen molar-refractivity contribution in [3.8, 4) is 17.6 Å². The fourth-order valence-corrected chi connectivity index (χ4v) is 3.27. The quantitative estimate of drug-likeness (QED) is 0.541. The monoisotopic (exact) mass is 432 g/mol. The Morgan fingerprint density at radius 2 is 1.97 bits per heavy atom. The molecule has 0 spiro atoms. The number of unbranched alkanes of at least 4 members (excludes halogenated alkanes) is 1. The van der Waals surface area contributed by atoms with Crippen molar-refractivity contribution in [1.29, 1.82) is 5.26 Å². The van der Waals surface area contributed by atoms with Gasteiger partial charge in [-0.05, 0) is 24.1 Å². The molecule has 1 aromatic carbocycles. The first kappa shape index (κ1) is 23.8. The van der Waals surface area contributed by atoms with E-state index in [4.69, 9.17) is 14.7 Å². The highest BCUT2D eigenvalue weighted by molar-refractivity contribution is 5.87. The fraction of sp³-hybridized carbons (Fsp3) is 0.524. The standard InChI is InChI=1S/C21H28N4O6/c1-4-5-6-15(20(28)24(2)10-9-22)23-21(29)25(3)16(12-19(26)27)14-7-8-17-18(11-14)31-13-30-17/h7-8,11,15-16H,4-6,10,12-13H2,1-3H3,(H,23,29)(H,26,27)/t15-,16-/m0/s1. The molecule has 0 aromatic heterocycles. The van der Waals surface area contributed by atoms with Gasteiger partial charge in [-0.25, -0.2) is 4.79 Å². The average molecular weight is 432 g/mol. The summed E-state index contributed by atoms with van der Waals surface area (Å²) in [5.74, 6) is -0.407. The second-order valence-electron chi connectivity index (χ2n) is 7.33. The molecule has 1 heterocycles. The van der Waals surface area contributed by atoms with Gasteiger partial charge in [0.2, 0.25) is 12.7 Å². The van der Waals surface area contributed by atoms with Crippen LogP contribution in [0.1, 0.15) is 44.2 Å². The van der Waals surface area contributed by atoms with Gasteiger partial charge in [0, 0.05) is 14.1 Å². The van der Waals surface area contributed by atoms with Crippen molar-refractivity contribution in [2.24, 2.45) is 0 Å². The van der Waals surface area contributed by atoms with Gasteiger partial charge in [-0.2, -0.15) is 5.26 Å². The minimum atomic E-state index is -1.07. The highest BCUT2D eigenvalue weighted by atomic mass is 16.7. The van der Waals surface area contributed by atoms with Crippen molar-refractivity contribution >= 4 is 17.9 Å². The molecule has 0 unspecified atom stereocenters. The van der Waals surface area contributed by atoms with Crippen LogP contribution in [-0.2, 0) is 9.59 Å². The number of nitrogens with zero attached hydrogens (tertiary/aromatic N) is 3. The Morgan fingerprint density at radius 1 is 1.26 bits per heavy atom. The summed E-state index contributed by atoms with van der Waals surface area (Å²) in [6.45, 7) is 1.96. The van der Waals surface area contributed by atoms with Crippen molar-refractivity contribution in [3.05, 3.63) is 23.8 Å². The first-order chi connectivity index (χ1) is 14.8. The molecule has 1 aliphatic rings. The van der Waals surface area contributed by atoms with E-state index < -0.39 is 24.1 Å². The number of urea groups is 1. The SMILES string of the molecule is CCCC[C@H](NC(=O)N(C)[C@@H](CC(=O)O)c1ccc2c(c1)OCO2)C(=O)N(C)CC#N. The van der Waals surface area contributed by atoms with Crippen LogP contribution in [0.5, 0.6) is 11.5 Å². The summed E-state index contributed by atoms with van der Waals surface area (Å²) in [5.41, 5.74) is 0.572. The number of benzene rings is 1. The van der Waals surface area contributed by atoms with E-state index in [1.165, 1.54) is 23.9 Å². The van der Waals surface area contributed by atoms with Gasteiger partial charge in [-0.1, -0.05) is 25.8 Å². The third kappa shape index (κ3) is 6.25. The third-order valence-electron chi connectivity index (χ3n) is 5.06. The molecule has 2 atom stereocenters. The number of carbonyl (C=O) groups is 3. The molecule has 0 saturated heterocycles. The van der Waals surface area contributed by atoms with Crippen LogP contribution in [0.2, 0.25) is 0 Å². The minimum Gasteiger partial charge on any atom is -0.481 e. The second kappa shape index (κ2) is 11.1. The number of hydrogen-bond donors (Lipinski definition) is 2. The number of nitrogens with one attached hydrogen (secondary N) is 1. The highest BCUT2D eigenvalue weighted by Gasteiger charge is 2.30. The van der Waals surface area contributed by atoms with Crippen molar-refractivity contribution in [1.82, 2.24) is 15.1 Å². The van der Waals surface area contributed by atoms with Gasteiger partial charge >= 0.3 is 12.0 Å². The van der Waals surface area contributed by atoms with E-state index in [1.807, 2.05) is 13.0 Å². The number of nitriles is 1. The normalized spacial score (nSPS) is 13.6. The van der Waals surface area contributed by atoms with Crippen molar-refractivity contribution in [2.45, 2.75) is 44.7 Å². The summed E-state index contributed by atoms with van der Waals surface area (Å²) in [7, 11) is 2.98. The van der Waals surface area contributed by atoms with Gasteiger partial charge in [0.15, 0.2) is 11.5 Å². The predicted octanol–water partition coefficient (Wildman–Crippen LogP) is 2.11. The number of hydrogen-bond acceptors (Lipinski definition) is 6. The van der Waals surface area contributed by atoms with Gasteiger partial charge in [0.05, 0.1) is 18.5 Å². The van der Waals surface area contributed by atoms with Crippen LogP contribution < -0.4 is 14.8 Å². The molecule has 2 rings (SSSR count). The Bertz CT molecular complexity index is 853. The summed E-state index contributed by atoms with van der Waals surface area (Å²) >= 11 is 0. The summed E-state index contributed by atoms with van der Waals surface area (Å²) < 4.78 is 10.6. The number of rotatable bonds is 10. The lowest BCUT2D eigenvalue weighted by Crippen LogP contribution is -2.51. The molecule has 1 aliphatic heterocycles.